The molecule has 2 aromatic rings. The molecule has 8 heteroatoms. The molecule has 0 saturated heterocycles. The van der Waals surface area contributed by atoms with Crippen molar-refractivity contribution in [2.75, 3.05) is 0 Å². The van der Waals surface area contributed by atoms with Gasteiger partial charge in [-0.1, -0.05) is 11.6 Å². The number of hydrogen-bond donors (Lipinski definition) is 1. The zero-order valence-electron chi connectivity index (χ0n) is 10.6. The van der Waals surface area contributed by atoms with Crippen LogP contribution in [0.4, 0.5) is 0 Å². The third kappa shape index (κ3) is 3.36. The van der Waals surface area contributed by atoms with Crippen LogP contribution >= 0.6 is 22.9 Å². The van der Waals surface area contributed by atoms with Gasteiger partial charge in [-0.3, -0.25) is 4.68 Å². The fourth-order valence-corrected chi connectivity index (χ4v) is 4.11. The third-order valence-corrected chi connectivity index (χ3v) is 5.76. The first-order chi connectivity index (χ1) is 8.92. The Labute approximate surface area is 121 Å². The maximum Gasteiger partial charge on any atom is 0.250 e. The van der Waals surface area contributed by atoms with E-state index >= 15 is 0 Å². The summed E-state index contributed by atoms with van der Waals surface area (Å²) in [5.41, 5.74) is 1.70. The Morgan fingerprint density at radius 2 is 2.21 bits per heavy atom. The number of halogens is 1. The zero-order valence-corrected chi connectivity index (χ0v) is 12.9. The lowest BCUT2D eigenvalue weighted by atomic mass is 10.3. The molecule has 5 nitrogen and oxygen atoms in total. The van der Waals surface area contributed by atoms with Gasteiger partial charge in [0.25, 0.3) is 0 Å². The summed E-state index contributed by atoms with van der Waals surface area (Å²) in [4.78, 5) is 0. The maximum absolute atomic E-state index is 12.0. The zero-order chi connectivity index (χ0) is 14.0. The molecule has 0 amide bonds. The molecule has 2 heterocycles. The Bertz CT molecular complexity index is 676. The van der Waals surface area contributed by atoms with E-state index in [-0.39, 0.29) is 10.8 Å². The summed E-state index contributed by atoms with van der Waals surface area (Å²) in [6.45, 7) is 4.82. The molecule has 0 aromatic carbocycles. The molecule has 2 aromatic heterocycles. The van der Waals surface area contributed by atoms with Crippen LogP contribution in [0.3, 0.4) is 0 Å². The minimum atomic E-state index is -3.50. The highest BCUT2D eigenvalue weighted by atomic mass is 35.5. The van der Waals surface area contributed by atoms with Crippen LogP contribution in [0, 0.1) is 6.92 Å². The van der Waals surface area contributed by atoms with Crippen molar-refractivity contribution in [3.05, 3.63) is 33.9 Å². The predicted octanol–water partition coefficient (Wildman–Crippen LogP) is 2.40. The van der Waals surface area contributed by atoms with E-state index in [0.717, 1.165) is 29.1 Å². The highest BCUT2D eigenvalue weighted by Crippen LogP contribution is 2.25. The van der Waals surface area contributed by atoms with E-state index in [9.17, 15) is 8.42 Å². The van der Waals surface area contributed by atoms with Gasteiger partial charge in [-0.15, -0.1) is 11.3 Å². The summed E-state index contributed by atoms with van der Waals surface area (Å²) in [7, 11) is -3.50. The van der Waals surface area contributed by atoms with Crippen LogP contribution in [-0.4, -0.2) is 18.2 Å². The first kappa shape index (κ1) is 14.5. The fourth-order valence-electron chi connectivity index (χ4n) is 1.58. The van der Waals surface area contributed by atoms with Crippen molar-refractivity contribution in [1.82, 2.24) is 14.5 Å². The Kier molecular flexibility index (Phi) is 4.29. The smallest absolute Gasteiger partial charge is 0.250 e. The molecule has 0 spiro atoms. The quantitative estimate of drug-likeness (QED) is 0.920. The number of aryl methyl sites for hydroxylation is 2. The van der Waals surface area contributed by atoms with Gasteiger partial charge >= 0.3 is 0 Å². The van der Waals surface area contributed by atoms with Gasteiger partial charge in [0.15, 0.2) is 0 Å². The largest absolute Gasteiger partial charge is 0.272 e. The molecule has 104 valence electrons. The molecule has 0 saturated carbocycles. The molecule has 0 radical (unpaired) electrons. The van der Waals surface area contributed by atoms with E-state index in [4.69, 9.17) is 11.6 Å². The first-order valence-corrected chi connectivity index (χ1v) is 8.38. The molecule has 0 fully saturated rings. The van der Waals surface area contributed by atoms with Crippen molar-refractivity contribution in [2.45, 2.75) is 31.1 Å². The van der Waals surface area contributed by atoms with Gasteiger partial charge in [-0.25, -0.2) is 13.1 Å². The highest BCUT2D eigenvalue weighted by molar-refractivity contribution is 7.91. The van der Waals surface area contributed by atoms with Gasteiger partial charge in [-0.2, -0.15) is 5.10 Å². The van der Waals surface area contributed by atoms with Gasteiger partial charge in [0.1, 0.15) is 4.21 Å². The van der Waals surface area contributed by atoms with Crippen molar-refractivity contribution in [3.8, 4) is 0 Å². The highest BCUT2D eigenvalue weighted by Gasteiger charge is 2.17. The molecule has 2 rings (SSSR count). The van der Waals surface area contributed by atoms with Crippen LogP contribution in [0.1, 0.15) is 18.2 Å². The summed E-state index contributed by atoms with van der Waals surface area (Å²) in [5.74, 6) is 0. The average molecular weight is 320 g/mol. The van der Waals surface area contributed by atoms with E-state index in [1.165, 1.54) is 6.07 Å². The minimum Gasteiger partial charge on any atom is -0.272 e. The number of hydrogen-bond acceptors (Lipinski definition) is 4. The molecule has 0 bridgehead atoms. The summed E-state index contributed by atoms with van der Waals surface area (Å²) >= 11 is 6.78. The van der Waals surface area contributed by atoms with Crippen molar-refractivity contribution < 1.29 is 8.42 Å². The molecule has 0 aliphatic carbocycles. The van der Waals surface area contributed by atoms with E-state index in [1.54, 1.807) is 10.7 Å². The number of rotatable bonds is 5. The monoisotopic (exact) mass is 319 g/mol. The van der Waals surface area contributed by atoms with Crippen LogP contribution in [0.25, 0.3) is 0 Å². The summed E-state index contributed by atoms with van der Waals surface area (Å²) in [6.07, 6.45) is 1.85. The van der Waals surface area contributed by atoms with Gasteiger partial charge in [0, 0.05) is 24.8 Å². The number of sulfonamides is 1. The predicted molar refractivity (Wildman–Crippen MR) is 76.0 cm³/mol. The Morgan fingerprint density at radius 1 is 1.47 bits per heavy atom. The van der Waals surface area contributed by atoms with Crippen LogP contribution in [0.2, 0.25) is 4.34 Å². The van der Waals surface area contributed by atoms with Gasteiger partial charge in [-0.05, 0) is 26.0 Å². The van der Waals surface area contributed by atoms with Gasteiger partial charge < -0.3 is 0 Å². The van der Waals surface area contributed by atoms with Crippen molar-refractivity contribution in [2.24, 2.45) is 0 Å². The van der Waals surface area contributed by atoms with E-state index in [1.807, 2.05) is 20.0 Å². The standard InChI is InChI=1S/C11H14ClN3O2S2/c1-3-15-7-9(8(2)14-15)6-13-19(16,17)11-5-4-10(12)18-11/h4-5,7,13H,3,6H2,1-2H3. The Hall–Kier alpha value is -0.890. The van der Waals surface area contributed by atoms with Crippen molar-refractivity contribution in [1.29, 1.82) is 0 Å². The second kappa shape index (κ2) is 5.62. The topological polar surface area (TPSA) is 64.0 Å². The molecule has 0 atom stereocenters. The van der Waals surface area contributed by atoms with E-state index in [0.29, 0.717) is 4.34 Å². The fraction of sp³-hybridized carbons (Fsp3) is 0.364. The van der Waals surface area contributed by atoms with Crippen LogP contribution < -0.4 is 4.72 Å². The number of thiophene rings is 1. The molecule has 0 aliphatic heterocycles. The number of nitrogens with zero attached hydrogens (tertiary/aromatic N) is 2. The average Bonchev–Trinajstić information content (AvgIpc) is 2.93. The van der Waals surface area contributed by atoms with Gasteiger partial charge in [0.05, 0.1) is 10.0 Å². The lowest BCUT2D eigenvalue weighted by molar-refractivity contribution is 0.583. The normalized spacial score (nSPS) is 11.9. The molecule has 19 heavy (non-hydrogen) atoms. The van der Waals surface area contributed by atoms with Crippen molar-refractivity contribution in [3.63, 3.8) is 0 Å². The molecule has 0 unspecified atom stereocenters. The van der Waals surface area contributed by atoms with Crippen LogP contribution in [0.15, 0.2) is 22.5 Å². The Morgan fingerprint density at radius 3 is 2.74 bits per heavy atom. The summed E-state index contributed by atoms with van der Waals surface area (Å²) in [6, 6.07) is 3.07. The van der Waals surface area contributed by atoms with E-state index in [2.05, 4.69) is 9.82 Å². The molecular weight excluding hydrogens is 306 g/mol. The summed E-state index contributed by atoms with van der Waals surface area (Å²) < 4.78 is 29.0. The van der Waals surface area contributed by atoms with E-state index < -0.39 is 10.0 Å². The molecular formula is C11H14ClN3O2S2. The Balaban J connectivity index is 2.11. The number of nitrogens with one attached hydrogen (secondary N) is 1. The maximum atomic E-state index is 12.0. The summed E-state index contributed by atoms with van der Waals surface area (Å²) in [5, 5.41) is 4.27. The molecule has 0 aliphatic rings. The first-order valence-electron chi connectivity index (χ1n) is 5.70. The second-order valence-corrected chi connectivity index (χ2v) is 7.69. The van der Waals surface area contributed by atoms with Crippen molar-refractivity contribution >= 4 is 33.0 Å². The second-order valence-electron chi connectivity index (χ2n) is 3.98. The van der Waals surface area contributed by atoms with Crippen LogP contribution in [-0.2, 0) is 23.1 Å². The molecule has 1 N–H and O–H groups in total. The minimum absolute atomic E-state index is 0.220. The number of aromatic nitrogens is 2. The SMILES string of the molecule is CCn1cc(CNS(=O)(=O)c2ccc(Cl)s2)c(C)n1. The third-order valence-electron chi connectivity index (χ3n) is 2.64. The lowest BCUT2D eigenvalue weighted by Gasteiger charge is -2.03. The van der Waals surface area contributed by atoms with Gasteiger partial charge in [0.2, 0.25) is 10.0 Å². The lowest BCUT2D eigenvalue weighted by Crippen LogP contribution is -2.22. The van der Waals surface area contributed by atoms with Crippen LogP contribution in [0.5, 0.6) is 0 Å².